The van der Waals surface area contributed by atoms with Gasteiger partial charge >= 0.3 is 0 Å². The van der Waals surface area contributed by atoms with Crippen LogP contribution in [0.5, 0.6) is 0 Å². The summed E-state index contributed by atoms with van der Waals surface area (Å²) in [5.74, 6) is 0.750. The van der Waals surface area contributed by atoms with Crippen molar-refractivity contribution in [3.63, 3.8) is 0 Å². The van der Waals surface area contributed by atoms with Crippen molar-refractivity contribution in [2.75, 3.05) is 54.0 Å². The number of aliphatic imine (C=N–C) groups is 1. The fourth-order valence-corrected chi connectivity index (χ4v) is 7.17. The third-order valence-corrected chi connectivity index (χ3v) is 9.52. The summed E-state index contributed by atoms with van der Waals surface area (Å²) in [6.07, 6.45) is 0.636. The number of hydrogen-bond acceptors (Lipinski definition) is 5. The Morgan fingerprint density at radius 2 is 1.00 bits per heavy atom. The van der Waals surface area contributed by atoms with Crippen LogP contribution >= 0.6 is 0 Å². The Labute approximate surface area is 263 Å². The van der Waals surface area contributed by atoms with E-state index >= 15 is 0 Å². The molecule has 1 heterocycles. The number of anilines is 3. The van der Waals surface area contributed by atoms with Crippen molar-refractivity contribution in [1.82, 2.24) is 0 Å². The van der Waals surface area contributed by atoms with Crippen LogP contribution in [-0.2, 0) is 16.8 Å². The Morgan fingerprint density at radius 1 is 0.545 bits per heavy atom. The average molecular weight is 587 g/mol. The van der Waals surface area contributed by atoms with E-state index in [1.165, 1.54) is 44.9 Å². The van der Waals surface area contributed by atoms with Gasteiger partial charge in [0.25, 0.3) is 0 Å². The first-order chi connectivity index (χ1) is 21.5. The Kier molecular flexibility index (Phi) is 8.40. The topological polar surface area (TPSA) is 31.3 Å². The van der Waals surface area contributed by atoms with E-state index in [0.29, 0.717) is 6.42 Å². The molecule has 1 spiro atoms. The predicted octanol–water partition coefficient (Wildman–Crippen LogP) is 8.80. The highest BCUT2D eigenvalue weighted by atomic mass is 16.5. The summed E-state index contributed by atoms with van der Waals surface area (Å²) in [5, 5.41) is 0. The molecule has 44 heavy (non-hydrogen) atoms. The van der Waals surface area contributed by atoms with Crippen LogP contribution in [0.1, 0.15) is 63.8 Å². The predicted molar refractivity (Wildman–Crippen MR) is 187 cm³/mol. The smallest absolute Gasteiger partial charge is 0.194 e. The summed E-state index contributed by atoms with van der Waals surface area (Å²) in [5.41, 5.74) is 11.1. The Balaban J connectivity index is 1.61. The molecule has 0 unspecified atom stereocenters. The zero-order valence-corrected chi connectivity index (χ0v) is 27.2. The maximum absolute atomic E-state index is 7.29. The first-order valence-electron chi connectivity index (χ1n) is 16.5. The Morgan fingerprint density at radius 3 is 1.48 bits per heavy atom. The van der Waals surface area contributed by atoms with Crippen LogP contribution in [-0.4, -0.2) is 45.2 Å². The lowest BCUT2D eigenvalue weighted by atomic mass is 9.81. The quantitative estimate of drug-likeness (QED) is 0.176. The second-order valence-corrected chi connectivity index (χ2v) is 11.6. The van der Waals surface area contributed by atoms with Gasteiger partial charge in [-0.15, -0.1) is 0 Å². The van der Waals surface area contributed by atoms with Gasteiger partial charge < -0.3 is 19.4 Å². The van der Waals surface area contributed by atoms with Gasteiger partial charge in [0.15, 0.2) is 11.5 Å². The summed E-state index contributed by atoms with van der Waals surface area (Å²) in [6.45, 7) is 19.1. The second kappa shape index (κ2) is 12.4. The van der Waals surface area contributed by atoms with Crippen molar-refractivity contribution in [3.05, 3.63) is 107 Å². The lowest BCUT2D eigenvalue weighted by Gasteiger charge is -2.38. The van der Waals surface area contributed by atoms with Crippen molar-refractivity contribution < 1.29 is 4.74 Å². The van der Waals surface area contributed by atoms with E-state index in [0.717, 1.165) is 56.4 Å². The largest absolute Gasteiger partial charge is 0.459 e. The first-order valence-corrected chi connectivity index (χ1v) is 16.5. The summed E-state index contributed by atoms with van der Waals surface area (Å²) in [7, 11) is 0. The number of fused-ring (bicyclic) bond motifs is 7. The third-order valence-electron chi connectivity index (χ3n) is 9.52. The van der Waals surface area contributed by atoms with E-state index in [2.05, 4.69) is 141 Å². The van der Waals surface area contributed by atoms with Gasteiger partial charge in [0.1, 0.15) is 0 Å². The fraction of sp³-hybridized carbons (Fsp3) is 0.359. The summed E-state index contributed by atoms with van der Waals surface area (Å²) in [6, 6.07) is 31.3. The average Bonchev–Trinajstić information content (AvgIpc) is 3.32. The molecule has 5 nitrogen and oxygen atoms in total. The van der Waals surface area contributed by atoms with Gasteiger partial charge in [-0.3, -0.25) is 0 Å². The fourth-order valence-electron chi connectivity index (χ4n) is 7.17. The lowest BCUT2D eigenvalue weighted by Crippen LogP contribution is -2.36. The van der Waals surface area contributed by atoms with Crippen LogP contribution in [0.4, 0.5) is 22.7 Å². The van der Waals surface area contributed by atoms with Crippen LogP contribution in [0.3, 0.4) is 0 Å². The van der Waals surface area contributed by atoms with Crippen molar-refractivity contribution >= 4 is 28.6 Å². The monoisotopic (exact) mass is 586 g/mol. The Bertz CT molecular complexity index is 1590. The van der Waals surface area contributed by atoms with Crippen molar-refractivity contribution in [2.45, 2.75) is 53.6 Å². The number of hydrogen-bond donors (Lipinski definition) is 0. The van der Waals surface area contributed by atoms with E-state index in [1.807, 2.05) is 0 Å². The number of nitrogens with zero attached hydrogens (tertiary/aromatic N) is 4. The highest BCUT2D eigenvalue weighted by Crippen LogP contribution is 2.58. The molecule has 6 rings (SSSR count). The molecule has 4 aromatic carbocycles. The molecule has 0 saturated heterocycles. The molecule has 0 fully saturated rings. The van der Waals surface area contributed by atoms with Crippen LogP contribution < -0.4 is 14.7 Å². The molecule has 0 radical (unpaired) electrons. The first kappa shape index (κ1) is 29.8. The molecule has 0 bridgehead atoms. The Hall–Kier alpha value is -4.25. The van der Waals surface area contributed by atoms with Gasteiger partial charge in [0.2, 0.25) is 0 Å². The maximum atomic E-state index is 7.29. The van der Waals surface area contributed by atoms with Crippen LogP contribution in [0, 0.1) is 0 Å². The molecule has 0 atom stereocenters. The van der Waals surface area contributed by atoms with Crippen LogP contribution in [0.15, 0.2) is 89.9 Å². The number of ether oxygens (including phenoxy) is 1. The molecule has 1 aliphatic carbocycles. The molecule has 228 valence electrons. The van der Waals surface area contributed by atoms with E-state index in [9.17, 15) is 0 Å². The van der Waals surface area contributed by atoms with Crippen LogP contribution in [0.2, 0.25) is 0 Å². The number of rotatable bonds is 11. The number of benzene rings is 4. The molecule has 0 saturated carbocycles. The van der Waals surface area contributed by atoms with Crippen molar-refractivity contribution in [3.8, 4) is 11.1 Å². The molecule has 4 aromatic rings. The summed E-state index contributed by atoms with van der Waals surface area (Å²) < 4.78 is 7.29. The van der Waals surface area contributed by atoms with E-state index in [1.54, 1.807) is 0 Å². The zero-order chi connectivity index (χ0) is 30.8. The van der Waals surface area contributed by atoms with Gasteiger partial charge in [-0.05, 0) is 94.6 Å². The molecule has 2 aliphatic rings. The molecular formula is C39H46N4O. The summed E-state index contributed by atoms with van der Waals surface area (Å²) in [4.78, 5) is 12.4. The van der Waals surface area contributed by atoms with Crippen LogP contribution in [0.25, 0.3) is 11.1 Å². The van der Waals surface area contributed by atoms with Gasteiger partial charge in [-0.2, -0.15) is 0 Å². The zero-order valence-electron chi connectivity index (χ0n) is 27.2. The van der Waals surface area contributed by atoms with E-state index in [-0.39, 0.29) is 0 Å². The second-order valence-electron chi connectivity index (χ2n) is 11.6. The normalized spacial score (nSPS) is 13.9. The minimum absolute atomic E-state index is 0.636. The van der Waals surface area contributed by atoms with Gasteiger partial charge in [-0.1, -0.05) is 48.5 Å². The van der Waals surface area contributed by atoms with E-state index < -0.39 is 5.60 Å². The standard InChI is InChI=1S/C39H46N4O/c1-7-41(8-2)29-18-21-34-32(25-29)33-26-30(42(9-3)10-4)19-22-35(33)39(34)36-23-20-31(43(11-5)12-6)27-37(36)40-38(44-39)24-28-16-14-13-15-17-28/h13-23,25-27H,7-12,24H2,1-6H3. The molecule has 0 aromatic heterocycles. The van der Waals surface area contributed by atoms with Gasteiger partial charge in [0.05, 0.1) is 5.69 Å². The SMILES string of the molecule is CCN(CC)c1ccc2c(c1)N=C(Cc1ccccc1)OC21c2ccc(N(CC)CC)cc2-c2cc(N(CC)CC)ccc21. The molecule has 0 N–H and O–H groups in total. The minimum Gasteiger partial charge on any atom is -0.459 e. The molecular weight excluding hydrogens is 540 g/mol. The van der Waals surface area contributed by atoms with Crippen molar-refractivity contribution in [1.29, 1.82) is 0 Å². The molecule has 1 aliphatic heterocycles. The maximum Gasteiger partial charge on any atom is 0.194 e. The van der Waals surface area contributed by atoms with Gasteiger partial charge in [-0.25, -0.2) is 4.99 Å². The van der Waals surface area contributed by atoms with E-state index in [4.69, 9.17) is 9.73 Å². The third kappa shape index (κ3) is 4.92. The minimum atomic E-state index is -0.781. The molecule has 5 heteroatoms. The van der Waals surface area contributed by atoms with Gasteiger partial charge in [0, 0.05) is 79.4 Å². The molecule has 0 amide bonds. The lowest BCUT2D eigenvalue weighted by molar-refractivity contribution is 0.137. The highest BCUT2D eigenvalue weighted by Gasteiger charge is 2.51. The van der Waals surface area contributed by atoms with Crippen molar-refractivity contribution in [2.24, 2.45) is 4.99 Å². The highest BCUT2D eigenvalue weighted by molar-refractivity contribution is 5.93. The summed E-state index contributed by atoms with van der Waals surface area (Å²) >= 11 is 0.